The van der Waals surface area contributed by atoms with Gasteiger partial charge in [-0.05, 0) is 31.0 Å². The van der Waals surface area contributed by atoms with Crippen LogP contribution in [-0.2, 0) is 0 Å². The number of piperazine rings is 1. The monoisotopic (exact) mass is 438 g/mol. The molecular formula is C25H26N8. The predicted molar refractivity (Wildman–Crippen MR) is 131 cm³/mol. The van der Waals surface area contributed by atoms with Crippen LogP contribution in [0.4, 0.5) is 17.5 Å². The summed E-state index contributed by atoms with van der Waals surface area (Å²) in [6, 6.07) is 6.61. The fraction of sp³-hybridized carbons (Fsp3) is 0.360. The van der Waals surface area contributed by atoms with Gasteiger partial charge in [-0.2, -0.15) is 4.98 Å². The number of terminal acetylenes is 1. The van der Waals surface area contributed by atoms with Crippen molar-refractivity contribution in [3.8, 4) is 12.3 Å². The van der Waals surface area contributed by atoms with Crippen LogP contribution in [0.15, 0.2) is 43.0 Å². The van der Waals surface area contributed by atoms with Crippen molar-refractivity contribution < 1.29 is 0 Å². The average molecular weight is 439 g/mol. The van der Waals surface area contributed by atoms with Crippen LogP contribution in [0, 0.1) is 12.3 Å². The molecule has 0 spiro atoms. The molecule has 0 unspecified atom stereocenters. The van der Waals surface area contributed by atoms with Crippen LogP contribution in [0.5, 0.6) is 0 Å². The molecule has 166 valence electrons. The minimum Gasteiger partial charge on any atom is -0.366 e. The molecule has 8 nitrogen and oxygen atoms in total. The number of hydrogen-bond acceptors (Lipinski definition) is 7. The van der Waals surface area contributed by atoms with Gasteiger partial charge in [-0.1, -0.05) is 18.8 Å². The van der Waals surface area contributed by atoms with Gasteiger partial charge in [0, 0.05) is 48.8 Å². The number of rotatable bonds is 4. The second-order valence-electron chi connectivity index (χ2n) is 8.78. The standard InChI is InChI=1S/C25H26N8/c1-2-17-16-32(12-11-27-17)19-7-8-23(28-13-19)30-25-29-14-21-20-9-10-26-15-22(20)33(24(21)31-25)18-5-3-4-6-18/h1,7-10,13-15,17-18,27H,3-6,11-12,16H2,(H,28,29,30,31)/t17-/m0/s1. The van der Waals surface area contributed by atoms with Gasteiger partial charge in [0.05, 0.1) is 29.6 Å². The van der Waals surface area contributed by atoms with Gasteiger partial charge in [0.15, 0.2) is 0 Å². The number of aromatic nitrogens is 5. The van der Waals surface area contributed by atoms with Crippen molar-refractivity contribution >= 4 is 39.4 Å². The lowest BCUT2D eigenvalue weighted by Gasteiger charge is -2.32. The highest BCUT2D eigenvalue weighted by Gasteiger charge is 2.23. The van der Waals surface area contributed by atoms with E-state index in [0.29, 0.717) is 17.8 Å². The lowest BCUT2D eigenvalue weighted by atomic mass is 10.2. The Morgan fingerprint density at radius 1 is 1.06 bits per heavy atom. The van der Waals surface area contributed by atoms with Gasteiger partial charge in [-0.3, -0.25) is 4.98 Å². The van der Waals surface area contributed by atoms with Crippen LogP contribution in [-0.4, -0.2) is 50.2 Å². The molecule has 1 aliphatic carbocycles. The summed E-state index contributed by atoms with van der Waals surface area (Å²) in [5.74, 6) is 4.05. The Morgan fingerprint density at radius 3 is 2.79 bits per heavy atom. The van der Waals surface area contributed by atoms with E-state index in [4.69, 9.17) is 11.4 Å². The zero-order valence-corrected chi connectivity index (χ0v) is 18.4. The molecule has 1 saturated heterocycles. The first-order valence-corrected chi connectivity index (χ1v) is 11.6. The lowest BCUT2D eigenvalue weighted by molar-refractivity contribution is 0.528. The molecule has 1 aliphatic heterocycles. The molecule has 2 aliphatic rings. The summed E-state index contributed by atoms with van der Waals surface area (Å²) in [7, 11) is 0. The minimum absolute atomic E-state index is 0.0681. The highest BCUT2D eigenvalue weighted by atomic mass is 15.2. The van der Waals surface area contributed by atoms with Crippen molar-refractivity contribution in [1.82, 2.24) is 29.8 Å². The normalized spacial score (nSPS) is 19.2. The third-order valence-corrected chi connectivity index (χ3v) is 6.77. The second-order valence-corrected chi connectivity index (χ2v) is 8.78. The molecule has 33 heavy (non-hydrogen) atoms. The van der Waals surface area contributed by atoms with Gasteiger partial charge in [0.2, 0.25) is 5.95 Å². The molecule has 0 aromatic carbocycles. The fourth-order valence-electron chi connectivity index (χ4n) is 5.12. The van der Waals surface area contributed by atoms with E-state index >= 15 is 0 Å². The number of pyridine rings is 2. The van der Waals surface area contributed by atoms with Gasteiger partial charge < -0.3 is 20.1 Å². The first kappa shape index (κ1) is 19.9. The summed E-state index contributed by atoms with van der Waals surface area (Å²) < 4.78 is 2.36. The molecule has 2 N–H and O–H groups in total. The van der Waals surface area contributed by atoms with Crippen molar-refractivity contribution in [1.29, 1.82) is 0 Å². The van der Waals surface area contributed by atoms with Crippen LogP contribution in [0.1, 0.15) is 31.7 Å². The Balaban J connectivity index is 1.30. The maximum Gasteiger partial charge on any atom is 0.230 e. The molecule has 1 atom stereocenters. The quantitative estimate of drug-likeness (QED) is 0.471. The van der Waals surface area contributed by atoms with E-state index in [1.165, 1.54) is 25.7 Å². The largest absolute Gasteiger partial charge is 0.366 e. The Labute approximate surface area is 192 Å². The Kier molecular flexibility index (Phi) is 5.04. The fourth-order valence-corrected chi connectivity index (χ4v) is 5.12. The summed E-state index contributed by atoms with van der Waals surface area (Å²) in [6.45, 7) is 2.56. The van der Waals surface area contributed by atoms with E-state index in [1.807, 2.05) is 30.9 Å². The van der Waals surface area contributed by atoms with Crippen molar-refractivity contribution in [3.63, 3.8) is 0 Å². The smallest absolute Gasteiger partial charge is 0.230 e. The summed E-state index contributed by atoms with van der Waals surface area (Å²) >= 11 is 0. The maximum atomic E-state index is 5.58. The highest BCUT2D eigenvalue weighted by molar-refractivity contribution is 6.06. The first-order valence-electron chi connectivity index (χ1n) is 11.6. The zero-order chi connectivity index (χ0) is 22.2. The molecule has 6 rings (SSSR count). The molecule has 1 saturated carbocycles. The molecule has 4 aromatic rings. The van der Waals surface area contributed by atoms with Crippen LogP contribution in [0.2, 0.25) is 0 Å². The van der Waals surface area contributed by atoms with Crippen LogP contribution < -0.4 is 15.5 Å². The second kappa shape index (κ2) is 8.34. The van der Waals surface area contributed by atoms with E-state index < -0.39 is 0 Å². The van der Waals surface area contributed by atoms with Crippen LogP contribution in [0.25, 0.3) is 21.9 Å². The third kappa shape index (κ3) is 3.64. The molecule has 8 heteroatoms. The predicted octanol–water partition coefficient (Wildman–Crippen LogP) is 3.64. The number of nitrogens with one attached hydrogen (secondary N) is 2. The molecule has 0 radical (unpaired) electrons. The van der Waals surface area contributed by atoms with Crippen LogP contribution in [0.3, 0.4) is 0 Å². The van der Waals surface area contributed by atoms with E-state index in [-0.39, 0.29) is 6.04 Å². The van der Waals surface area contributed by atoms with Crippen LogP contribution >= 0.6 is 0 Å². The van der Waals surface area contributed by atoms with Crippen molar-refractivity contribution in [2.24, 2.45) is 0 Å². The topological polar surface area (TPSA) is 83.8 Å². The summed E-state index contributed by atoms with van der Waals surface area (Å²) in [6.07, 6.45) is 18.0. The molecule has 2 fully saturated rings. The van der Waals surface area contributed by atoms with E-state index in [2.05, 4.69) is 53.1 Å². The van der Waals surface area contributed by atoms with Gasteiger partial charge in [-0.15, -0.1) is 6.42 Å². The summed E-state index contributed by atoms with van der Waals surface area (Å²) in [5, 5.41) is 8.83. The lowest BCUT2D eigenvalue weighted by Crippen LogP contribution is -2.50. The Bertz CT molecular complexity index is 1330. The molecule has 0 amide bonds. The third-order valence-electron chi connectivity index (χ3n) is 6.77. The molecule has 4 aromatic heterocycles. The molecule has 0 bridgehead atoms. The van der Waals surface area contributed by atoms with Gasteiger partial charge >= 0.3 is 0 Å². The maximum absolute atomic E-state index is 5.58. The molecular weight excluding hydrogens is 412 g/mol. The zero-order valence-electron chi connectivity index (χ0n) is 18.4. The number of fused-ring (bicyclic) bond motifs is 3. The summed E-state index contributed by atoms with van der Waals surface area (Å²) in [4.78, 5) is 20.7. The van der Waals surface area contributed by atoms with Crippen molar-refractivity contribution in [3.05, 3.63) is 43.0 Å². The minimum atomic E-state index is 0.0681. The van der Waals surface area contributed by atoms with Gasteiger partial charge in [0.25, 0.3) is 0 Å². The molecule has 5 heterocycles. The number of hydrogen-bond donors (Lipinski definition) is 2. The SMILES string of the molecule is C#C[C@H]1CN(c2ccc(Nc3ncc4c5ccncc5n(C5CCCC5)c4n3)nc2)CCN1. The average Bonchev–Trinajstić information content (AvgIpc) is 3.50. The Hall–Kier alpha value is -3.70. The number of nitrogens with zero attached hydrogens (tertiary/aromatic N) is 6. The first-order chi connectivity index (χ1) is 16.3. The number of anilines is 3. The van der Waals surface area contributed by atoms with Gasteiger partial charge in [-0.25, -0.2) is 9.97 Å². The van der Waals surface area contributed by atoms with E-state index in [1.54, 1.807) is 0 Å². The van der Waals surface area contributed by atoms with E-state index in [9.17, 15) is 0 Å². The summed E-state index contributed by atoms with van der Waals surface area (Å²) in [5.41, 5.74) is 3.15. The van der Waals surface area contributed by atoms with E-state index in [0.717, 1.165) is 47.3 Å². The van der Waals surface area contributed by atoms with Crippen molar-refractivity contribution in [2.75, 3.05) is 29.9 Å². The Morgan fingerprint density at radius 2 is 1.97 bits per heavy atom. The van der Waals surface area contributed by atoms with Gasteiger partial charge in [0.1, 0.15) is 11.5 Å². The highest BCUT2D eigenvalue weighted by Crippen LogP contribution is 2.37. The van der Waals surface area contributed by atoms with Crippen molar-refractivity contribution in [2.45, 2.75) is 37.8 Å².